The summed E-state index contributed by atoms with van der Waals surface area (Å²) in [6, 6.07) is 16.0. The van der Waals surface area contributed by atoms with Crippen molar-refractivity contribution < 1.29 is 5.11 Å². The van der Waals surface area contributed by atoms with E-state index in [1.807, 2.05) is 36.4 Å². The molecule has 88 valence electrons. The van der Waals surface area contributed by atoms with Crippen molar-refractivity contribution in [3.8, 4) is 0 Å². The first-order chi connectivity index (χ1) is 8.29. The summed E-state index contributed by atoms with van der Waals surface area (Å²) in [5, 5.41) is 9.76. The van der Waals surface area contributed by atoms with E-state index in [9.17, 15) is 0 Å². The average molecular weight is 265 g/mol. The third-order valence-electron chi connectivity index (χ3n) is 2.37. The van der Waals surface area contributed by atoms with E-state index in [0.29, 0.717) is 11.4 Å². The fourth-order valence-electron chi connectivity index (χ4n) is 1.58. The highest BCUT2D eigenvalue weighted by Crippen LogP contribution is 2.32. The van der Waals surface area contributed by atoms with E-state index in [-0.39, 0.29) is 6.61 Å². The minimum Gasteiger partial charge on any atom is -0.396 e. The Morgan fingerprint density at radius 3 is 2.53 bits per heavy atom. The first-order valence-electron chi connectivity index (χ1n) is 5.42. The molecule has 0 heterocycles. The molecule has 1 N–H and O–H groups in total. The lowest BCUT2D eigenvalue weighted by molar-refractivity contribution is 0.299. The monoisotopic (exact) mass is 264 g/mol. The van der Waals surface area contributed by atoms with E-state index in [2.05, 4.69) is 12.1 Å². The van der Waals surface area contributed by atoms with Gasteiger partial charge in [-0.05, 0) is 42.3 Å². The second-order valence-electron chi connectivity index (χ2n) is 3.64. The summed E-state index contributed by atoms with van der Waals surface area (Å²) in [6.45, 7) is 0.142. The minimum atomic E-state index is 0.142. The Morgan fingerprint density at radius 1 is 1.06 bits per heavy atom. The van der Waals surface area contributed by atoms with E-state index in [1.54, 1.807) is 11.8 Å². The average Bonchev–Trinajstić information content (AvgIpc) is 2.34. The van der Waals surface area contributed by atoms with Gasteiger partial charge >= 0.3 is 0 Å². The predicted octanol–water partition coefficient (Wildman–Crippen LogP) is 4.03. The molecule has 1 nitrogen and oxygen atoms in total. The summed E-state index contributed by atoms with van der Waals surface area (Å²) in [6.07, 6.45) is 0.635. The molecule has 2 rings (SSSR count). The van der Waals surface area contributed by atoms with Crippen LogP contribution in [0, 0.1) is 0 Å². The molecule has 0 aromatic heterocycles. The largest absolute Gasteiger partial charge is 0.396 e. The van der Waals surface area contributed by atoms with Crippen molar-refractivity contribution >= 4 is 23.4 Å². The third kappa shape index (κ3) is 3.50. The van der Waals surface area contributed by atoms with Gasteiger partial charge in [-0.15, -0.1) is 0 Å². The summed E-state index contributed by atoms with van der Waals surface area (Å²) in [5.74, 6) is 0. The fraction of sp³-hybridized carbons (Fsp3) is 0.143. The van der Waals surface area contributed by atoms with Crippen LogP contribution in [0.5, 0.6) is 0 Å². The van der Waals surface area contributed by atoms with Crippen LogP contribution in [0.25, 0.3) is 0 Å². The SMILES string of the molecule is OCCc1cc(Cl)ccc1Sc1ccccc1. The van der Waals surface area contributed by atoms with Gasteiger partial charge in [0.05, 0.1) is 0 Å². The van der Waals surface area contributed by atoms with E-state index in [0.717, 1.165) is 10.5 Å². The molecule has 2 aromatic carbocycles. The molecule has 2 aromatic rings. The number of aliphatic hydroxyl groups excluding tert-OH is 1. The Balaban J connectivity index is 2.26. The Bertz CT molecular complexity index is 485. The lowest BCUT2D eigenvalue weighted by Gasteiger charge is -2.08. The van der Waals surface area contributed by atoms with E-state index >= 15 is 0 Å². The molecule has 0 atom stereocenters. The summed E-state index contributed by atoms with van der Waals surface area (Å²) >= 11 is 7.66. The normalized spacial score (nSPS) is 10.5. The second kappa shape index (κ2) is 6.10. The third-order valence-corrected chi connectivity index (χ3v) is 3.74. The van der Waals surface area contributed by atoms with Gasteiger partial charge in [0.25, 0.3) is 0 Å². The molecular formula is C14H13ClOS. The topological polar surface area (TPSA) is 20.2 Å². The smallest absolute Gasteiger partial charge is 0.0471 e. The zero-order chi connectivity index (χ0) is 12.1. The molecule has 3 heteroatoms. The number of hydrogen-bond donors (Lipinski definition) is 1. The minimum absolute atomic E-state index is 0.142. The van der Waals surface area contributed by atoms with Crippen molar-refractivity contribution in [1.82, 2.24) is 0 Å². The molecule has 0 amide bonds. The number of aliphatic hydroxyl groups is 1. The zero-order valence-corrected chi connectivity index (χ0v) is 10.8. The highest BCUT2D eigenvalue weighted by Gasteiger charge is 2.05. The Hall–Kier alpha value is -0.960. The van der Waals surface area contributed by atoms with Crippen LogP contribution in [0.1, 0.15) is 5.56 Å². The quantitative estimate of drug-likeness (QED) is 0.900. The zero-order valence-electron chi connectivity index (χ0n) is 9.27. The molecule has 0 bridgehead atoms. The first kappa shape index (κ1) is 12.5. The van der Waals surface area contributed by atoms with E-state index in [4.69, 9.17) is 16.7 Å². The van der Waals surface area contributed by atoms with Crippen LogP contribution in [-0.2, 0) is 6.42 Å². The number of halogens is 1. The molecule has 0 radical (unpaired) electrons. The maximum Gasteiger partial charge on any atom is 0.0471 e. The van der Waals surface area contributed by atoms with Crippen molar-refractivity contribution in [2.24, 2.45) is 0 Å². The number of rotatable bonds is 4. The van der Waals surface area contributed by atoms with Crippen molar-refractivity contribution in [3.63, 3.8) is 0 Å². The highest BCUT2D eigenvalue weighted by atomic mass is 35.5. The van der Waals surface area contributed by atoms with E-state index < -0.39 is 0 Å². The molecule has 0 saturated heterocycles. The van der Waals surface area contributed by atoms with Crippen LogP contribution in [-0.4, -0.2) is 11.7 Å². The molecule has 0 aliphatic rings. The van der Waals surface area contributed by atoms with E-state index in [1.165, 1.54) is 4.90 Å². The van der Waals surface area contributed by atoms with Crippen LogP contribution in [0.15, 0.2) is 58.3 Å². The molecule has 0 aliphatic carbocycles. The van der Waals surface area contributed by atoms with Crippen LogP contribution in [0.2, 0.25) is 5.02 Å². The Kier molecular flexibility index (Phi) is 4.49. The van der Waals surface area contributed by atoms with Crippen molar-refractivity contribution in [2.75, 3.05) is 6.61 Å². The van der Waals surface area contributed by atoms with Gasteiger partial charge in [0, 0.05) is 21.4 Å². The molecule has 0 spiro atoms. The van der Waals surface area contributed by atoms with Crippen molar-refractivity contribution in [1.29, 1.82) is 0 Å². The van der Waals surface area contributed by atoms with Crippen molar-refractivity contribution in [2.45, 2.75) is 16.2 Å². The van der Waals surface area contributed by atoms with Crippen LogP contribution >= 0.6 is 23.4 Å². The summed E-state index contributed by atoms with van der Waals surface area (Å²) in [7, 11) is 0. The summed E-state index contributed by atoms with van der Waals surface area (Å²) in [4.78, 5) is 2.34. The van der Waals surface area contributed by atoms with Gasteiger partial charge < -0.3 is 5.11 Å². The highest BCUT2D eigenvalue weighted by molar-refractivity contribution is 7.99. The maximum atomic E-state index is 9.05. The van der Waals surface area contributed by atoms with Crippen LogP contribution in [0.4, 0.5) is 0 Å². The standard InChI is InChI=1S/C14H13ClOS/c15-12-6-7-14(11(10-12)8-9-16)17-13-4-2-1-3-5-13/h1-7,10,16H,8-9H2. The van der Waals surface area contributed by atoms with Gasteiger partial charge in [-0.1, -0.05) is 41.6 Å². The predicted molar refractivity (Wildman–Crippen MR) is 72.8 cm³/mol. The molecule has 0 aliphatic heterocycles. The van der Waals surface area contributed by atoms with Gasteiger partial charge in [-0.3, -0.25) is 0 Å². The van der Waals surface area contributed by atoms with Crippen LogP contribution < -0.4 is 0 Å². The lowest BCUT2D eigenvalue weighted by Crippen LogP contribution is -1.93. The first-order valence-corrected chi connectivity index (χ1v) is 6.61. The number of hydrogen-bond acceptors (Lipinski definition) is 2. The van der Waals surface area contributed by atoms with Crippen molar-refractivity contribution in [3.05, 3.63) is 59.1 Å². The Labute approximate surface area is 110 Å². The maximum absolute atomic E-state index is 9.05. The van der Waals surface area contributed by atoms with Gasteiger partial charge in [0.2, 0.25) is 0 Å². The summed E-state index contributed by atoms with van der Waals surface area (Å²) < 4.78 is 0. The molecule has 0 unspecified atom stereocenters. The van der Waals surface area contributed by atoms with Crippen LogP contribution in [0.3, 0.4) is 0 Å². The molecule has 17 heavy (non-hydrogen) atoms. The summed E-state index contributed by atoms with van der Waals surface area (Å²) in [5.41, 5.74) is 1.09. The molecule has 0 fully saturated rings. The van der Waals surface area contributed by atoms with Gasteiger partial charge in [0.15, 0.2) is 0 Å². The lowest BCUT2D eigenvalue weighted by atomic mass is 10.2. The Morgan fingerprint density at radius 2 is 1.82 bits per heavy atom. The molecular weight excluding hydrogens is 252 g/mol. The van der Waals surface area contributed by atoms with Gasteiger partial charge in [-0.2, -0.15) is 0 Å². The molecule has 0 saturated carbocycles. The van der Waals surface area contributed by atoms with Gasteiger partial charge in [-0.25, -0.2) is 0 Å². The number of benzene rings is 2. The van der Waals surface area contributed by atoms with Gasteiger partial charge in [0.1, 0.15) is 0 Å². The fourth-order valence-corrected chi connectivity index (χ4v) is 2.75. The second-order valence-corrected chi connectivity index (χ2v) is 5.19.